The molecule has 0 amide bonds. The molecule has 0 fully saturated rings. The van der Waals surface area contributed by atoms with E-state index < -0.39 is 6.10 Å². The first kappa shape index (κ1) is 13.0. The van der Waals surface area contributed by atoms with E-state index >= 15 is 0 Å². The van der Waals surface area contributed by atoms with E-state index in [1.807, 2.05) is 26.0 Å². The van der Waals surface area contributed by atoms with E-state index in [2.05, 4.69) is 0 Å². The average Bonchev–Trinajstić information content (AvgIpc) is 2.28. The third-order valence-electron chi connectivity index (χ3n) is 2.82. The molecule has 0 aliphatic rings. The van der Waals surface area contributed by atoms with Gasteiger partial charge in [0.1, 0.15) is 5.75 Å². The molecule has 90 valence electrons. The summed E-state index contributed by atoms with van der Waals surface area (Å²) >= 11 is 0. The number of rotatable bonds is 5. The Morgan fingerprint density at radius 1 is 1.31 bits per heavy atom. The summed E-state index contributed by atoms with van der Waals surface area (Å²) in [6.45, 7) is 4.59. The molecule has 0 aliphatic carbocycles. The van der Waals surface area contributed by atoms with Crippen molar-refractivity contribution in [3.63, 3.8) is 0 Å². The summed E-state index contributed by atoms with van der Waals surface area (Å²) in [5.74, 6) is 0.868. The van der Waals surface area contributed by atoms with Crippen LogP contribution in [0.1, 0.15) is 35.6 Å². The lowest BCUT2D eigenvalue weighted by Crippen LogP contribution is -2.05. The van der Waals surface area contributed by atoms with E-state index in [-0.39, 0.29) is 0 Å². The third-order valence-corrected chi connectivity index (χ3v) is 2.82. The third kappa shape index (κ3) is 2.97. The molecule has 0 radical (unpaired) electrons. The van der Waals surface area contributed by atoms with Gasteiger partial charge in [0.05, 0.1) is 13.2 Å². The van der Waals surface area contributed by atoms with Gasteiger partial charge in [0.2, 0.25) is 0 Å². The molecular formula is C13H21NO2. The summed E-state index contributed by atoms with van der Waals surface area (Å²) in [6.07, 6.45) is 1.13. The van der Waals surface area contributed by atoms with Gasteiger partial charge in [-0.15, -0.1) is 0 Å². The molecule has 0 saturated carbocycles. The van der Waals surface area contributed by atoms with Crippen LogP contribution in [0, 0.1) is 13.8 Å². The van der Waals surface area contributed by atoms with Crippen LogP contribution in [0.5, 0.6) is 5.75 Å². The summed E-state index contributed by atoms with van der Waals surface area (Å²) in [5, 5.41) is 10.0. The maximum atomic E-state index is 10.0. The molecule has 0 saturated heterocycles. The molecule has 1 aromatic carbocycles. The number of aliphatic hydroxyl groups is 1. The summed E-state index contributed by atoms with van der Waals surface area (Å²) in [7, 11) is 1.66. The second kappa shape index (κ2) is 5.87. The molecule has 1 aromatic rings. The Kier molecular flexibility index (Phi) is 4.77. The van der Waals surface area contributed by atoms with Crippen LogP contribution < -0.4 is 10.5 Å². The van der Waals surface area contributed by atoms with Crippen LogP contribution >= 0.6 is 0 Å². The van der Waals surface area contributed by atoms with Crippen molar-refractivity contribution in [2.75, 3.05) is 13.7 Å². The lowest BCUT2D eigenvalue weighted by atomic mass is 9.97. The molecule has 3 nitrogen and oxygen atoms in total. The predicted molar refractivity (Wildman–Crippen MR) is 65.7 cm³/mol. The highest BCUT2D eigenvalue weighted by Gasteiger charge is 2.12. The highest BCUT2D eigenvalue weighted by atomic mass is 16.5. The fraction of sp³-hybridized carbons (Fsp3) is 0.538. The molecule has 1 rings (SSSR count). The molecule has 3 N–H and O–H groups in total. The number of benzene rings is 1. The second-order valence-corrected chi connectivity index (χ2v) is 4.13. The van der Waals surface area contributed by atoms with E-state index in [0.29, 0.717) is 13.0 Å². The fourth-order valence-electron chi connectivity index (χ4n) is 1.86. The summed E-state index contributed by atoms with van der Waals surface area (Å²) in [5.41, 5.74) is 8.53. The van der Waals surface area contributed by atoms with Crippen LogP contribution in [0.3, 0.4) is 0 Å². The van der Waals surface area contributed by atoms with Crippen LogP contribution in [0.15, 0.2) is 12.1 Å². The van der Waals surface area contributed by atoms with Crippen molar-refractivity contribution in [3.05, 3.63) is 28.8 Å². The van der Waals surface area contributed by atoms with Gasteiger partial charge in [-0.2, -0.15) is 0 Å². The summed E-state index contributed by atoms with van der Waals surface area (Å²) in [6, 6.07) is 3.96. The lowest BCUT2D eigenvalue weighted by molar-refractivity contribution is 0.164. The molecule has 3 heteroatoms. The zero-order valence-corrected chi connectivity index (χ0v) is 10.3. The zero-order chi connectivity index (χ0) is 12.1. The molecule has 0 bridgehead atoms. The van der Waals surface area contributed by atoms with Crippen molar-refractivity contribution < 1.29 is 9.84 Å². The zero-order valence-electron chi connectivity index (χ0n) is 10.3. The van der Waals surface area contributed by atoms with E-state index in [4.69, 9.17) is 10.5 Å². The molecular weight excluding hydrogens is 202 g/mol. The maximum absolute atomic E-state index is 10.0. The summed E-state index contributed by atoms with van der Waals surface area (Å²) < 4.78 is 5.24. The van der Waals surface area contributed by atoms with Crippen molar-refractivity contribution in [1.29, 1.82) is 0 Å². The van der Waals surface area contributed by atoms with Gasteiger partial charge in [0.25, 0.3) is 0 Å². The van der Waals surface area contributed by atoms with E-state index in [0.717, 1.165) is 28.9 Å². The van der Waals surface area contributed by atoms with E-state index in [9.17, 15) is 5.11 Å². The Balaban J connectivity index is 2.92. The Morgan fingerprint density at radius 2 is 2.00 bits per heavy atom. The van der Waals surface area contributed by atoms with Gasteiger partial charge in [-0.05, 0) is 62.1 Å². The topological polar surface area (TPSA) is 55.5 Å². The lowest BCUT2D eigenvalue weighted by Gasteiger charge is -2.16. The fourth-order valence-corrected chi connectivity index (χ4v) is 1.86. The van der Waals surface area contributed by atoms with Crippen molar-refractivity contribution in [3.8, 4) is 5.75 Å². The molecule has 1 unspecified atom stereocenters. The predicted octanol–water partition coefficient (Wildman–Crippen LogP) is 2.08. The van der Waals surface area contributed by atoms with Gasteiger partial charge >= 0.3 is 0 Å². The number of nitrogens with two attached hydrogens (primary N) is 1. The minimum Gasteiger partial charge on any atom is -0.496 e. The first-order valence-electron chi connectivity index (χ1n) is 5.63. The smallest absolute Gasteiger partial charge is 0.122 e. The monoisotopic (exact) mass is 223 g/mol. The largest absolute Gasteiger partial charge is 0.496 e. The Bertz CT molecular complexity index is 350. The van der Waals surface area contributed by atoms with Crippen molar-refractivity contribution >= 4 is 0 Å². The molecule has 16 heavy (non-hydrogen) atoms. The van der Waals surface area contributed by atoms with Gasteiger partial charge in [0, 0.05) is 0 Å². The maximum Gasteiger partial charge on any atom is 0.122 e. The molecule has 1 atom stereocenters. The van der Waals surface area contributed by atoms with Crippen LogP contribution in [-0.2, 0) is 0 Å². The highest BCUT2D eigenvalue weighted by molar-refractivity contribution is 5.42. The van der Waals surface area contributed by atoms with Gasteiger partial charge in [0.15, 0.2) is 0 Å². The van der Waals surface area contributed by atoms with Gasteiger partial charge in [-0.25, -0.2) is 0 Å². The SMILES string of the molecule is COc1cc(C)c(C(O)CCCN)cc1C. The van der Waals surface area contributed by atoms with E-state index in [1.54, 1.807) is 7.11 Å². The molecule has 0 aromatic heterocycles. The van der Waals surface area contributed by atoms with Crippen molar-refractivity contribution in [2.45, 2.75) is 32.8 Å². The van der Waals surface area contributed by atoms with Crippen molar-refractivity contribution in [1.82, 2.24) is 0 Å². The molecule has 0 aliphatic heterocycles. The Labute approximate surface area is 97.2 Å². The number of methoxy groups -OCH3 is 1. The average molecular weight is 223 g/mol. The van der Waals surface area contributed by atoms with Gasteiger partial charge in [-0.1, -0.05) is 0 Å². The van der Waals surface area contributed by atoms with E-state index in [1.165, 1.54) is 0 Å². The van der Waals surface area contributed by atoms with Crippen molar-refractivity contribution in [2.24, 2.45) is 5.73 Å². The quantitative estimate of drug-likeness (QED) is 0.803. The van der Waals surface area contributed by atoms with Crippen LogP contribution in [-0.4, -0.2) is 18.8 Å². The Hall–Kier alpha value is -1.06. The van der Waals surface area contributed by atoms with Gasteiger partial charge < -0.3 is 15.6 Å². The normalized spacial score (nSPS) is 12.6. The summed E-state index contributed by atoms with van der Waals surface area (Å²) in [4.78, 5) is 0. The van der Waals surface area contributed by atoms with Crippen LogP contribution in [0.4, 0.5) is 0 Å². The first-order valence-corrected chi connectivity index (χ1v) is 5.63. The second-order valence-electron chi connectivity index (χ2n) is 4.13. The minimum atomic E-state index is -0.423. The highest BCUT2D eigenvalue weighted by Crippen LogP contribution is 2.28. The van der Waals surface area contributed by atoms with Crippen LogP contribution in [0.25, 0.3) is 0 Å². The number of ether oxygens (including phenoxy) is 1. The standard InChI is InChI=1S/C13H21NO2/c1-9-8-13(16-3)10(2)7-11(9)12(15)5-4-6-14/h7-8,12,15H,4-6,14H2,1-3H3. The number of hydrogen-bond donors (Lipinski definition) is 2. The Morgan fingerprint density at radius 3 is 2.56 bits per heavy atom. The number of aryl methyl sites for hydroxylation is 2. The first-order chi connectivity index (χ1) is 7.60. The molecule has 0 spiro atoms. The van der Waals surface area contributed by atoms with Crippen LogP contribution in [0.2, 0.25) is 0 Å². The van der Waals surface area contributed by atoms with Gasteiger partial charge in [-0.3, -0.25) is 0 Å². The minimum absolute atomic E-state index is 0.423. The molecule has 0 heterocycles. The number of hydrogen-bond acceptors (Lipinski definition) is 3. The number of aliphatic hydroxyl groups excluding tert-OH is 1.